The zero-order valence-electron chi connectivity index (χ0n) is 18.7. The van der Waals surface area contributed by atoms with Crippen molar-refractivity contribution >= 4 is 5.78 Å². The van der Waals surface area contributed by atoms with E-state index >= 15 is 0 Å². The van der Waals surface area contributed by atoms with Crippen molar-refractivity contribution in [1.82, 2.24) is 0 Å². The quantitative estimate of drug-likeness (QED) is 0.421. The lowest BCUT2D eigenvalue weighted by atomic mass is 9.63. The Morgan fingerprint density at radius 3 is 2.31 bits per heavy atom. The van der Waals surface area contributed by atoms with Crippen molar-refractivity contribution in [2.75, 3.05) is 0 Å². The van der Waals surface area contributed by atoms with Gasteiger partial charge in [-0.3, -0.25) is 4.79 Å². The van der Waals surface area contributed by atoms with Gasteiger partial charge in [0.1, 0.15) is 5.78 Å². The first-order valence-corrected chi connectivity index (χ1v) is 11.2. The molecule has 0 spiro atoms. The van der Waals surface area contributed by atoms with Crippen molar-refractivity contribution in [2.45, 2.75) is 106 Å². The Morgan fingerprint density at radius 2 is 1.77 bits per heavy atom. The lowest BCUT2D eigenvalue weighted by Gasteiger charge is -2.42. The summed E-state index contributed by atoms with van der Waals surface area (Å²) in [5.74, 6) is 3.18. The van der Waals surface area contributed by atoms with Gasteiger partial charge in [0.15, 0.2) is 0 Å². The molecule has 0 heterocycles. The van der Waals surface area contributed by atoms with E-state index in [0.717, 1.165) is 24.2 Å². The normalized spacial score (nSPS) is 34.6. The van der Waals surface area contributed by atoms with Gasteiger partial charge in [-0.05, 0) is 74.0 Å². The largest absolute Gasteiger partial charge is 0.300 e. The third-order valence-corrected chi connectivity index (χ3v) is 8.08. The van der Waals surface area contributed by atoms with Gasteiger partial charge >= 0.3 is 0 Å². The van der Waals surface area contributed by atoms with Crippen molar-refractivity contribution in [2.24, 2.45) is 34.5 Å². The molecule has 26 heavy (non-hydrogen) atoms. The smallest absolute Gasteiger partial charge is 0.133 e. The van der Waals surface area contributed by atoms with Gasteiger partial charge in [-0.2, -0.15) is 0 Å². The highest BCUT2D eigenvalue weighted by Crippen LogP contribution is 2.55. The molecule has 0 radical (unpaired) electrons. The average Bonchev–Trinajstić information content (AvgIpc) is 2.92. The highest BCUT2D eigenvalue weighted by atomic mass is 16.1. The first-order valence-electron chi connectivity index (χ1n) is 11.2. The molecule has 1 heteroatoms. The zero-order chi connectivity index (χ0) is 20.0. The molecule has 0 aromatic carbocycles. The van der Waals surface area contributed by atoms with Crippen LogP contribution < -0.4 is 0 Å². The van der Waals surface area contributed by atoms with Crippen LogP contribution in [0.2, 0.25) is 0 Å². The summed E-state index contributed by atoms with van der Waals surface area (Å²) in [7, 11) is 0. The fourth-order valence-electron chi connectivity index (χ4n) is 6.53. The van der Waals surface area contributed by atoms with Crippen LogP contribution in [0.25, 0.3) is 0 Å². The molecule has 2 aliphatic rings. The number of rotatable bonds is 7. The Bertz CT molecular complexity index is 437. The van der Waals surface area contributed by atoms with Crippen LogP contribution in [0.5, 0.6) is 0 Å². The maximum Gasteiger partial charge on any atom is 0.133 e. The fourth-order valence-corrected chi connectivity index (χ4v) is 6.53. The van der Waals surface area contributed by atoms with Crippen LogP contribution in [0.1, 0.15) is 106 Å². The number of carbonyl (C=O) groups is 1. The molecular formula is C25H46O. The van der Waals surface area contributed by atoms with Crippen LogP contribution in [-0.4, -0.2) is 5.78 Å². The molecule has 0 N–H and O–H groups in total. The molecule has 2 rings (SSSR count). The monoisotopic (exact) mass is 362 g/mol. The van der Waals surface area contributed by atoms with Crippen LogP contribution >= 0.6 is 0 Å². The van der Waals surface area contributed by atoms with Gasteiger partial charge in [-0.25, -0.2) is 0 Å². The highest BCUT2D eigenvalue weighted by Gasteiger charge is 2.49. The molecule has 0 aromatic heterocycles. The highest BCUT2D eigenvalue weighted by molar-refractivity contribution is 5.79. The Morgan fingerprint density at radius 1 is 1.12 bits per heavy atom. The van der Waals surface area contributed by atoms with Gasteiger partial charge in [0.2, 0.25) is 0 Å². The summed E-state index contributed by atoms with van der Waals surface area (Å²) in [6, 6.07) is 0. The van der Waals surface area contributed by atoms with Gasteiger partial charge in [0, 0.05) is 5.92 Å². The van der Waals surface area contributed by atoms with E-state index in [1.165, 1.54) is 57.8 Å². The van der Waals surface area contributed by atoms with E-state index < -0.39 is 0 Å². The molecule has 0 bridgehead atoms. The molecule has 0 saturated heterocycles. The minimum absolute atomic E-state index is 0.252. The Labute approximate surface area is 164 Å². The third kappa shape index (κ3) is 5.23. The molecule has 2 aliphatic carbocycles. The van der Waals surface area contributed by atoms with Gasteiger partial charge < -0.3 is 0 Å². The number of hydrogen-bond donors (Lipinski definition) is 0. The predicted molar refractivity (Wildman–Crippen MR) is 115 cm³/mol. The van der Waals surface area contributed by atoms with Crippen molar-refractivity contribution in [3.8, 4) is 0 Å². The molecule has 152 valence electrons. The second-order valence-corrected chi connectivity index (χ2v) is 10.1. The minimum atomic E-state index is 0.252. The van der Waals surface area contributed by atoms with Crippen molar-refractivity contribution in [1.29, 1.82) is 0 Å². The summed E-state index contributed by atoms with van der Waals surface area (Å²) < 4.78 is 0. The second kappa shape index (κ2) is 10.1. The van der Waals surface area contributed by atoms with Crippen LogP contribution in [0.3, 0.4) is 0 Å². The van der Waals surface area contributed by atoms with E-state index in [-0.39, 0.29) is 5.41 Å². The second-order valence-electron chi connectivity index (χ2n) is 10.1. The molecule has 0 amide bonds. The van der Waals surface area contributed by atoms with Gasteiger partial charge in [-0.15, -0.1) is 13.2 Å². The summed E-state index contributed by atoms with van der Waals surface area (Å²) >= 11 is 0. The summed E-state index contributed by atoms with van der Waals surface area (Å²) in [6.45, 7) is 20.0. The summed E-state index contributed by atoms with van der Waals surface area (Å²) in [5.41, 5.74) is 0.796. The maximum absolute atomic E-state index is 12.2. The fraction of sp³-hybridized carbons (Fsp3) is 0.880. The van der Waals surface area contributed by atoms with E-state index in [1.54, 1.807) is 0 Å². The summed E-state index contributed by atoms with van der Waals surface area (Å²) in [4.78, 5) is 12.2. The average molecular weight is 363 g/mol. The van der Waals surface area contributed by atoms with Crippen LogP contribution in [0.4, 0.5) is 0 Å². The minimum Gasteiger partial charge on any atom is -0.300 e. The number of hydrogen-bond acceptors (Lipinski definition) is 1. The number of ketones is 1. The van der Waals surface area contributed by atoms with Crippen molar-refractivity contribution in [3.63, 3.8) is 0 Å². The third-order valence-electron chi connectivity index (χ3n) is 8.08. The van der Waals surface area contributed by atoms with Crippen LogP contribution in [0, 0.1) is 34.5 Å². The van der Waals surface area contributed by atoms with Crippen LogP contribution in [0.15, 0.2) is 13.2 Å². The first kappa shape index (κ1) is 23.4. The SMILES string of the molecule is C=C.CCC[C@@]1(C)C(C(C)CCC2CCCCC2(C)C)CC[C@@H]1C(C)=O. The number of carbonyl (C=O) groups excluding carboxylic acids is 1. The number of Topliss-reactive ketones (excluding diaryl/α,β-unsaturated/α-hetero) is 1. The molecular weight excluding hydrogens is 316 g/mol. The van der Waals surface area contributed by atoms with E-state index in [4.69, 9.17) is 0 Å². The molecule has 5 atom stereocenters. The van der Waals surface area contributed by atoms with E-state index in [2.05, 4.69) is 47.8 Å². The molecule has 0 aliphatic heterocycles. The van der Waals surface area contributed by atoms with Crippen molar-refractivity contribution in [3.05, 3.63) is 13.2 Å². The van der Waals surface area contributed by atoms with Crippen molar-refractivity contribution < 1.29 is 4.79 Å². The Balaban J connectivity index is 0.00000163. The van der Waals surface area contributed by atoms with E-state index in [0.29, 0.717) is 17.1 Å². The van der Waals surface area contributed by atoms with Gasteiger partial charge in [0.05, 0.1) is 0 Å². The lowest BCUT2D eigenvalue weighted by Crippen LogP contribution is -2.36. The summed E-state index contributed by atoms with van der Waals surface area (Å²) in [5, 5.41) is 0. The van der Waals surface area contributed by atoms with E-state index in [1.807, 2.05) is 6.92 Å². The Kier molecular flexibility index (Phi) is 9.10. The topological polar surface area (TPSA) is 17.1 Å². The van der Waals surface area contributed by atoms with Gasteiger partial charge in [0.25, 0.3) is 0 Å². The van der Waals surface area contributed by atoms with Crippen LogP contribution in [-0.2, 0) is 4.79 Å². The Hall–Kier alpha value is -0.590. The molecule has 2 saturated carbocycles. The summed E-state index contributed by atoms with van der Waals surface area (Å²) in [6.07, 6.45) is 13.3. The van der Waals surface area contributed by atoms with Gasteiger partial charge in [-0.1, -0.05) is 60.3 Å². The standard InChI is InChI=1S/C23H42O.C2H4/c1-7-15-23(6)20(13-14-21(23)18(3)24)17(2)11-12-19-10-8-9-16-22(19,4)5;1-2/h17,19-21H,7-16H2,1-6H3;1-2H2/t17?,19?,20?,21-,23+;/m1./s1. The lowest BCUT2D eigenvalue weighted by molar-refractivity contribution is -0.124. The zero-order valence-corrected chi connectivity index (χ0v) is 18.7. The molecule has 2 fully saturated rings. The maximum atomic E-state index is 12.2. The molecule has 3 unspecified atom stereocenters. The molecule has 1 nitrogen and oxygen atoms in total. The first-order chi connectivity index (χ1) is 12.2. The molecule has 0 aromatic rings. The van der Waals surface area contributed by atoms with E-state index in [9.17, 15) is 4.79 Å². The predicted octanol–water partition coefficient (Wildman–Crippen LogP) is 7.84.